The van der Waals surface area contributed by atoms with Gasteiger partial charge < -0.3 is 0 Å². The molecule has 0 atom stereocenters. The van der Waals surface area contributed by atoms with Crippen LogP contribution in [0.2, 0.25) is 5.02 Å². The fourth-order valence-electron chi connectivity index (χ4n) is 2.74. The fourth-order valence-corrected chi connectivity index (χ4v) is 4.31. The molecule has 0 saturated carbocycles. The van der Waals surface area contributed by atoms with Crippen molar-refractivity contribution in [3.05, 3.63) is 59.1 Å². The lowest BCUT2D eigenvalue weighted by molar-refractivity contribution is -0.117. The molecule has 2 aromatic carbocycles. The van der Waals surface area contributed by atoms with Crippen LogP contribution in [-0.4, -0.2) is 14.3 Å². The molecule has 0 aliphatic carbocycles. The van der Waals surface area contributed by atoms with Crippen molar-refractivity contribution in [3.8, 4) is 0 Å². The van der Waals surface area contributed by atoms with Gasteiger partial charge in [-0.3, -0.25) is 4.79 Å². The number of benzene rings is 2. The number of carbonyl (C=O) groups excluding carboxylic acids is 1. The molecule has 0 aliphatic rings. The number of carbonyl (C=O) groups is 1. The Labute approximate surface area is 167 Å². The topological polar surface area (TPSA) is 54.5 Å². The molecular weight excluding hydrogens is 382 g/mol. The number of unbranched alkanes of at least 4 members (excludes halogenated alkanes) is 2. The molecule has 0 bridgehead atoms. The molecule has 27 heavy (non-hydrogen) atoms. The van der Waals surface area contributed by atoms with E-state index in [-0.39, 0.29) is 11.3 Å². The smallest absolute Gasteiger partial charge is 0.270 e. The average molecular weight is 408 g/mol. The molecule has 0 saturated heterocycles. The van der Waals surface area contributed by atoms with Crippen LogP contribution in [0.5, 0.6) is 0 Å². The van der Waals surface area contributed by atoms with Crippen LogP contribution in [0.25, 0.3) is 0 Å². The number of amides is 1. The summed E-state index contributed by atoms with van der Waals surface area (Å²) in [4.78, 5) is 12.8. The first-order valence-electron chi connectivity index (χ1n) is 9.32. The molecule has 1 amide bonds. The summed E-state index contributed by atoms with van der Waals surface area (Å²) in [5.74, 6) is -0.423. The zero-order chi connectivity index (χ0) is 19.9. The van der Waals surface area contributed by atoms with Crippen LogP contribution in [0.4, 0.5) is 5.69 Å². The Hall–Kier alpha value is -1.85. The van der Waals surface area contributed by atoms with Crippen molar-refractivity contribution in [2.45, 2.75) is 57.3 Å². The Morgan fingerprint density at radius 2 is 1.52 bits per heavy atom. The molecule has 2 rings (SSSR count). The molecule has 0 aliphatic heterocycles. The summed E-state index contributed by atoms with van der Waals surface area (Å²) >= 11 is 5.87. The van der Waals surface area contributed by atoms with E-state index in [0.717, 1.165) is 35.6 Å². The van der Waals surface area contributed by atoms with Gasteiger partial charge in [0.1, 0.15) is 0 Å². The standard InChI is InChI=1S/C21H26ClNO3S/c1-3-5-7-17-9-13-19(14-10-17)23(21(24)8-6-4-2)27(25,26)20-15-11-18(22)12-16-20/h9-16H,3-8H2,1-2H3. The number of nitrogens with zero attached hydrogens (tertiary/aromatic N) is 1. The third-order valence-electron chi connectivity index (χ3n) is 4.31. The summed E-state index contributed by atoms with van der Waals surface area (Å²) in [6, 6.07) is 13.1. The first-order chi connectivity index (χ1) is 12.9. The second-order valence-electron chi connectivity index (χ2n) is 6.49. The van der Waals surface area contributed by atoms with Gasteiger partial charge >= 0.3 is 0 Å². The van der Waals surface area contributed by atoms with Crippen molar-refractivity contribution < 1.29 is 13.2 Å². The zero-order valence-electron chi connectivity index (χ0n) is 15.8. The summed E-state index contributed by atoms with van der Waals surface area (Å²) < 4.78 is 27.3. The summed E-state index contributed by atoms with van der Waals surface area (Å²) in [6.07, 6.45) is 4.73. The highest BCUT2D eigenvalue weighted by molar-refractivity contribution is 7.93. The average Bonchev–Trinajstić information content (AvgIpc) is 2.66. The molecule has 0 aromatic heterocycles. The summed E-state index contributed by atoms with van der Waals surface area (Å²) in [5.41, 5.74) is 1.50. The molecular formula is C21H26ClNO3S. The number of anilines is 1. The number of sulfonamides is 1. The second-order valence-corrected chi connectivity index (χ2v) is 8.71. The number of halogens is 1. The molecule has 0 spiro atoms. The summed E-state index contributed by atoms with van der Waals surface area (Å²) in [7, 11) is -4.01. The lowest BCUT2D eigenvalue weighted by Gasteiger charge is -2.23. The van der Waals surface area contributed by atoms with Crippen LogP contribution in [0.15, 0.2) is 53.4 Å². The molecule has 0 N–H and O–H groups in total. The van der Waals surface area contributed by atoms with E-state index >= 15 is 0 Å². The first kappa shape index (κ1) is 21.5. The zero-order valence-corrected chi connectivity index (χ0v) is 17.4. The number of hydrogen-bond donors (Lipinski definition) is 0. The van der Waals surface area contributed by atoms with Crippen molar-refractivity contribution in [3.63, 3.8) is 0 Å². The van der Waals surface area contributed by atoms with E-state index in [1.165, 1.54) is 24.3 Å². The van der Waals surface area contributed by atoms with Crippen LogP contribution in [0, 0.1) is 0 Å². The van der Waals surface area contributed by atoms with E-state index in [0.29, 0.717) is 17.1 Å². The number of rotatable bonds is 9. The molecule has 4 nitrogen and oxygen atoms in total. The highest BCUT2D eigenvalue weighted by atomic mass is 35.5. The van der Waals surface area contributed by atoms with Crippen LogP contribution in [0.3, 0.4) is 0 Å². The van der Waals surface area contributed by atoms with Crippen molar-refractivity contribution in [1.29, 1.82) is 0 Å². The first-order valence-corrected chi connectivity index (χ1v) is 11.1. The van der Waals surface area contributed by atoms with Crippen LogP contribution >= 0.6 is 11.6 Å². The van der Waals surface area contributed by atoms with Gasteiger partial charge in [-0.15, -0.1) is 0 Å². The molecule has 0 fully saturated rings. The number of hydrogen-bond acceptors (Lipinski definition) is 3. The van der Waals surface area contributed by atoms with Gasteiger partial charge in [-0.2, -0.15) is 0 Å². The third-order valence-corrected chi connectivity index (χ3v) is 6.33. The maximum Gasteiger partial charge on any atom is 0.270 e. The minimum absolute atomic E-state index is 0.0480. The molecule has 146 valence electrons. The van der Waals surface area contributed by atoms with Crippen molar-refractivity contribution >= 4 is 33.2 Å². The van der Waals surface area contributed by atoms with E-state index in [9.17, 15) is 13.2 Å². The van der Waals surface area contributed by atoms with E-state index in [4.69, 9.17) is 11.6 Å². The molecule has 6 heteroatoms. The number of aryl methyl sites for hydroxylation is 1. The Kier molecular flexibility index (Phi) is 7.87. The lowest BCUT2D eigenvalue weighted by atomic mass is 10.1. The lowest BCUT2D eigenvalue weighted by Crippen LogP contribution is -2.36. The van der Waals surface area contributed by atoms with Gasteiger partial charge in [0.2, 0.25) is 5.91 Å². The summed E-state index contributed by atoms with van der Waals surface area (Å²) in [6.45, 7) is 4.09. The minimum atomic E-state index is -4.01. The van der Waals surface area contributed by atoms with E-state index in [1.54, 1.807) is 12.1 Å². The third kappa shape index (κ3) is 5.56. The SMILES string of the molecule is CCCCC(=O)N(c1ccc(CCCC)cc1)S(=O)(=O)c1ccc(Cl)cc1. The Morgan fingerprint density at radius 1 is 0.926 bits per heavy atom. The van der Waals surface area contributed by atoms with Gasteiger partial charge in [0.15, 0.2) is 0 Å². The molecule has 0 unspecified atom stereocenters. The molecule has 0 heterocycles. The van der Waals surface area contributed by atoms with Crippen LogP contribution in [0.1, 0.15) is 51.5 Å². The van der Waals surface area contributed by atoms with Gasteiger partial charge in [0.25, 0.3) is 10.0 Å². The Bertz CT molecular complexity index is 846. The maximum atomic E-state index is 13.2. The Morgan fingerprint density at radius 3 is 2.07 bits per heavy atom. The maximum absolute atomic E-state index is 13.2. The van der Waals surface area contributed by atoms with E-state index < -0.39 is 15.9 Å². The van der Waals surface area contributed by atoms with Gasteiger partial charge in [-0.1, -0.05) is 50.4 Å². The predicted molar refractivity (Wildman–Crippen MR) is 111 cm³/mol. The molecule has 0 radical (unpaired) electrons. The van der Waals surface area contributed by atoms with Gasteiger partial charge in [-0.25, -0.2) is 12.7 Å². The predicted octanol–water partition coefficient (Wildman–Crippen LogP) is 5.59. The fraction of sp³-hybridized carbons (Fsp3) is 0.381. The monoisotopic (exact) mass is 407 g/mol. The Balaban J connectivity index is 2.41. The quantitative estimate of drug-likeness (QED) is 0.544. The second kappa shape index (κ2) is 9.90. The minimum Gasteiger partial charge on any atom is -0.273 e. The van der Waals surface area contributed by atoms with Gasteiger partial charge in [0, 0.05) is 11.4 Å². The van der Waals surface area contributed by atoms with Gasteiger partial charge in [0.05, 0.1) is 10.6 Å². The van der Waals surface area contributed by atoms with Crippen LogP contribution in [-0.2, 0) is 21.2 Å². The van der Waals surface area contributed by atoms with Crippen molar-refractivity contribution in [2.24, 2.45) is 0 Å². The van der Waals surface area contributed by atoms with E-state index in [2.05, 4.69) is 6.92 Å². The van der Waals surface area contributed by atoms with Crippen LogP contribution < -0.4 is 4.31 Å². The van der Waals surface area contributed by atoms with Gasteiger partial charge in [-0.05, 0) is 61.2 Å². The molecule has 2 aromatic rings. The van der Waals surface area contributed by atoms with Crippen molar-refractivity contribution in [2.75, 3.05) is 4.31 Å². The van der Waals surface area contributed by atoms with Crippen molar-refractivity contribution in [1.82, 2.24) is 0 Å². The highest BCUT2D eigenvalue weighted by Crippen LogP contribution is 2.27. The summed E-state index contributed by atoms with van der Waals surface area (Å²) in [5, 5.41) is 0.443. The largest absolute Gasteiger partial charge is 0.273 e. The van der Waals surface area contributed by atoms with E-state index in [1.807, 2.05) is 19.1 Å². The highest BCUT2D eigenvalue weighted by Gasteiger charge is 2.30. The normalized spacial score (nSPS) is 11.4.